The lowest BCUT2D eigenvalue weighted by atomic mass is 9.90. The topological polar surface area (TPSA) is 43.4 Å². The van der Waals surface area contributed by atoms with Gasteiger partial charge in [-0.1, -0.05) is 6.07 Å². The second-order valence-corrected chi connectivity index (χ2v) is 5.41. The number of Topliss-reactive ketones (excluding diaryl/α,β-unsaturated/α-hetero) is 2. The van der Waals surface area contributed by atoms with Crippen molar-refractivity contribution in [2.75, 3.05) is 13.2 Å². The third-order valence-corrected chi connectivity index (χ3v) is 3.61. The highest BCUT2D eigenvalue weighted by atomic mass is 127. The number of halogens is 1. The van der Waals surface area contributed by atoms with Crippen molar-refractivity contribution in [2.45, 2.75) is 13.3 Å². The quantitative estimate of drug-likeness (QED) is 0.470. The molecule has 90 valence electrons. The second kappa shape index (κ2) is 5.27. The van der Waals surface area contributed by atoms with Gasteiger partial charge < -0.3 is 4.74 Å². The largest absolute Gasteiger partial charge is 0.380 e. The molecule has 1 saturated heterocycles. The number of rotatable bonds is 2. The van der Waals surface area contributed by atoms with Crippen LogP contribution in [-0.4, -0.2) is 24.8 Å². The minimum atomic E-state index is -0.609. The van der Waals surface area contributed by atoms with E-state index in [9.17, 15) is 9.59 Å². The summed E-state index contributed by atoms with van der Waals surface area (Å²) >= 11 is 2.20. The predicted molar refractivity (Wildman–Crippen MR) is 72.2 cm³/mol. The number of hydrogen-bond acceptors (Lipinski definition) is 3. The van der Waals surface area contributed by atoms with Gasteiger partial charge in [-0.15, -0.1) is 0 Å². The Morgan fingerprint density at radius 1 is 1.47 bits per heavy atom. The molecule has 1 aromatic carbocycles. The van der Waals surface area contributed by atoms with Crippen LogP contribution in [-0.2, 0) is 9.53 Å². The average molecular weight is 344 g/mol. The number of ketones is 2. The first-order valence-electron chi connectivity index (χ1n) is 5.50. The van der Waals surface area contributed by atoms with E-state index < -0.39 is 5.92 Å². The van der Waals surface area contributed by atoms with Crippen LogP contribution in [0.5, 0.6) is 0 Å². The molecule has 0 bridgehead atoms. The standard InChI is InChI=1S/C13H13IO3/c1-8-6-9(14)2-3-10(8)13(16)11-7-17-5-4-12(11)15/h2-3,6,11H,4-5,7H2,1H3. The van der Waals surface area contributed by atoms with E-state index in [-0.39, 0.29) is 18.2 Å². The first-order valence-corrected chi connectivity index (χ1v) is 6.58. The average Bonchev–Trinajstić information content (AvgIpc) is 2.29. The monoisotopic (exact) mass is 344 g/mol. The molecule has 0 N–H and O–H groups in total. The van der Waals surface area contributed by atoms with Gasteiger partial charge in [-0.3, -0.25) is 9.59 Å². The summed E-state index contributed by atoms with van der Waals surface area (Å²) < 4.78 is 6.30. The van der Waals surface area contributed by atoms with E-state index in [1.165, 1.54) is 0 Å². The third kappa shape index (κ3) is 2.74. The molecule has 1 heterocycles. The summed E-state index contributed by atoms with van der Waals surface area (Å²) in [5, 5.41) is 0. The Morgan fingerprint density at radius 3 is 2.88 bits per heavy atom. The zero-order valence-corrected chi connectivity index (χ0v) is 11.7. The van der Waals surface area contributed by atoms with Gasteiger partial charge >= 0.3 is 0 Å². The van der Waals surface area contributed by atoms with Crippen LogP contribution < -0.4 is 0 Å². The van der Waals surface area contributed by atoms with E-state index in [0.717, 1.165) is 9.13 Å². The Hall–Kier alpha value is -0.750. The van der Waals surface area contributed by atoms with E-state index in [4.69, 9.17) is 4.74 Å². The molecule has 0 aliphatic carbocycles. The van der Waals surface area contributed by atoms with E-state index in [0.29, 0.717) is 18.6 Å². The highest BCUT2D eigenvalue weighted by molar-refractivity contribution is 14.1. The molecule has 17 heavy (non-hydrogen) atoms. The summed E-state index contributed by atoms with van der Waals surface area (Å²) in [5.74, 6) is -0.717. The fourth-order valence-corrected chi connectivity index (χ4v) is 2.60. The van der Waals surface area contributed by atoms with Gasteiger partial charge in [0, 0.05) is 15.6 Å². The second-order valence-electron chi connectivity index (χ2n) is 4.17. The van der Waals surface area contributed by atoms with E-state index >= 15 is 0 Å². The smallest absolute Gasteiger partial charge is 0.175 e. The van der Waals surface area contributed by atoms with Gasteiger partial charge in [-0.2, -0.15) is 0 Å². The number of aryl methyl sites for hydroxylation is 1. The SMILES string of the molecule is Cc1cc(I)ccc1C(=O)C1COCCC1=O. The van der Waals surface area contributed by atoms with E-state index in [2.05, 4.69) is 22.6 Å². The van der Waals surface area contributed by atoms with Crippen molar-refractivity contribution < 1.29 is 14.3 Å². The molecule has 3 nitrogen and oxygen atoms in total. The number of benzene rings is 1. The minimum absolute atomic E-state index is 0.000741. The zero-order valence-electron chi connectivity index (χ0n) is 9.53. The van der Waals surface area contributed by atoms with Crippen LogP contribution >= 0.6 is 22.6 Å². The van der Waals surface area contributed by atoms with Crippen LogP contribution in [0.2, 0.25) is 0 Å². The van der Waals surface area contributed by atoms with Crippen molar-refractivity contribution in [2.24, 2.45) is 5.92 Å². The molecular formula is C13H13IO3. The van der Waals surface area contributed by atoms with Crippen molar-refractivity contribution >= 4 is 34.2 Å². The van der Waals surface area contributed by atoms with Crippen molar-refractivity contribution in [1.82, 2.24) is 0 Å². The van der Waals surface area contributed by atoms with Gasteiger partial charge in [0.25, 0.3) is 0 Å². The van der Waals surface area contributed by atoms with Crippen LogP contribution in [0.1, 0.15) is 22.3 Å². The Kier molecular flexibility index (Phi) is 3.93. The van der Waals surface area contributed by atoms with Crippen LogP contribution in [0.3, 0.4) is 0 Å². The molecule has 1 unspecified atom stereocenters. The molecule has 2 rings (SSSR count). The summed E-state index contributed by atoms with van der Waals surface area (Å²) in [7, 11) is 0. The number of hydrogen-bond donors (Lipinski definition) is 0. The first-order chi connectivity index (χ1) is 8.09. The highest BCUT2D eigenvalue weighted by Crippen LogP contribution is 2.20. The molecule has 1 aliphatic heterocycles. The lowest BCUT2D eigenvalue weighted by Gasteiger charge is -2.20. The summed E-state index contributed by atoms with van der Waals surface area (Å²) in [6, 6.07) is 5.62. The first kappa shape index (κ1) is 12.7. The molecule has 0 saturated carbocycles. The van der Waals surface area contributed by atoms with Gasteiger partial charge in [0.1, 0.15) is 11.7 Å². The molecule has 0 radical (unpaired) electrons. The Labute approximate surface area is 114 Å². The molecule has 0 amide bonds. The van der Waals surface area contributed by atoms with Crippen molar-refractivity contribution in [1.29, 1.82) is 0 Å². The lowest BCUT2D eigenvalue weighted by molar-refractivity contribution is -0.128. The van der Waals surface area contributed by atoms with Crippen molar-refractivity contribution in [3.05, 3.63) is 32.9 Å². The molecule has 0 spiro atoms. The van der Waals surface area contributed by atoms with Crippen LogP contribution in [0.15, 0.2) is 18.2 Å². The van der Waals surface area contributed by atoms with Crippen molar-refractivity contribution in [3.63, 3.8) is 0 Å². The van der Waals surface area contributed by atoms with Gasteiger partial charge in [-0.05, 0) is 47.2 Å². The minimum Gasteiger partial charge on any atom is -0.380 e. The maximum atomic E-state index is 12.2. The Balaban J connectivity index is 2.27. The molecule has 1 aromatic rings. The molecule has 1 atom stereocenters. The van der Waals surface area contributed by atoms with Crippen molar-refractivity contribution in [3.8, 4) is 0 Å². The van der Waals surface area contributed by atoms with Crippen LogP contribution in [0, 0.1) is 16.4 Å². The highest BCUT2D eigenvalue weighted by Gasteiger charge is 2.30. The third-order valence-electron chi connectivity index (χ3n) is 2.94. The molecule has 4 heteroatoms. The maximum Gasteiger partial charge on any atom is 0.175 e. The van der Waals surface area contributed by atoms with Gasteiger partial charge in [0.15, 0.2) is 5.78 Å². The van der Waals surface area contributed by atoms with E-state index in [1.807, 2.05) is 19.1 Å². The summed E-state index contributed by atoms with van der Waals surface area (Å²) in [4.78, 5) is 23.9. The normalized spacial score (nSPS) is 20.4. The lowest BCUT2D eigenvalue weighted by Crippen LogP contribution is -2.34. The fraction of sp³-hybridized carbons (Fsp3) is 0.385. The van der Waals surface area contributed by atoms with Gasteiger partial charge in [0.05, 0.1) is 13.2 Å². The summed E-state index contributed by atoms with van der Waals surface area (Å²) in [6.07, 6.45) is 0.347. The summed E-state index contributed by atoms with van der Waals surface area (Å²) in [5.41, 5.74) is 1.55. The van der Waals surface area contributed by atoms with Gasteiger partial charge in [-0.25, -0.2) is 0 Å². The molecule has 1 aliphatic rings. The Morgan fingerprint density at radius 2 is 2.24 bits per heavy atom. The molecular weight excluding hydrogens is 331 g/mol. The van der Waals surface area contributed by atoms with Crippen LogP contribution in [0.4, 0.5) is 0 Å². The zero-order chi connectivity index (χ0) is 12.4. The predicted octanol–water partition coefficient (Wildman–Crippen LogP) is 2.39. The maximum absolute atomic E-state index is 12.2. The number of carbonyl (C=O) groups excluding carboxylic acids is 2. The Bertz CT molecular complexity index is 468. The number of carbonyl (C=O) groups is 2. The summed E-state index contributed by atoms with van der Waals surface area (Å²) in [6.45, 7) is 2.56. The number of ether oxygens (including phenoxy) is 1. The van der Waals surface area contributed by atoms with Crippen LogP contribution in [0.25, 0.3) is 0 Å². The van der Waals surface area contributed by atoms with Gasteiger partial charge in [0.2, 0.25) is 0 Å². The fourth-order valence-electron chi connectivity index (χ4n) is 1.95. The molecule has 0 aromatic heterocycles. The molecule has 1 fully saturated rings. The van der Waals surface area contributed by atoms with E-state index in [1.54, 1.807) is 6.07 Å².